The Balaban J connectivity index is 2.25. The predicted octanol–water partition coefficient (Wildman–Crippen LogP) is 5.17. The van der Waals surface area contributed by atoms with Crippen molar-refractivity contribution in [3.8, 4) is 0 Å². The van der Waals surface area contributed by atoms with Crippen LogP contribution in [0.3, 0.4) is 0 Å². The van der Waals surface area contributed by atoms with Gasteiger partial charge in [0.25, 0.3) is 0 Å². The van der Waals surface area contributed by atoms with Crippen molar-refractivity contribution in [3.63, 3.8) is 0 Å². The average Bonchev–Trinajstić information content (AvgIpc) is 2.73. The van der Waals surface area contributed by atoms with Gasteiger partial charge in [0.15, 0.2) is 0 Å². The van der Waals surface area contributed by atoms with Crippen LogP contribution in [0.15, 0.2) is 60.7 Å². The molecule has 0 heterocycles. The summed E-state index contributed by atoms with van der Waals surface area (Å²) in [7, 11) is 0. The molecule has 31 heavy (non-hydrogen) atoms. The van der Waals surface area contributed by atoms with Crippen molar-refractivity contribution in [3.05, 3.63) is 71.8 Å². The van der Waals surface area contributed by atoms with Crippen LogP contribution in [0, 0.1) is 17.8 Å². The van der Waals surface area contributed by atoms with Crippen LogP contribution < -0.4 is 5.32 Å². The Bertz CT molecular complexity index is 791. The van der Waals surface area contributed by atoms with Gasteiger partial charge in [-0.3, -0.25) is 9.59 Å². The Kier molecular flexibility index (Phi) is 9.64. The minimum atomic E-state index is -0.517. The van der Waals surface area contributed by atoms with Crippen molar-refractivity contribution in [2.75, 3.05) is 0 Å². The second-order valence-corrected chi connectivity index (χ2v) is 9.13. The lowest BCUT2D eigenvalue weighted by molar-refractivity contribution is -0.131. The van der Waals surface area contributed by atoms with E-state index >= 15 is 0 Å². The van der Waals surface area contributed by atoms with Gasteiger partial charge in [0.1, 0.15) is 12.1 Å². The fourth-order valence-electron chi connectivity index (χ4n) is 4.02. The van der Waals surface area contributed by atoms with Gasteiger partial charge in [-0.25, -0.2) is 0 Å². The highest BCUT2D eigenvalue weighted by atomic mass is 16.2. The smallest absolute Gasteiger partial charge is 0.224 e. The van der Waals surface area contributed by atoms with Crippen molar-refractivity contribution in [2.45, 2.75) is 58.9 Å². The molecule has 0 spiro atoms. The standard InChI is InChI=1S/C27H35NO3/c1-19(2)15-23(27(31)28-24(18-29)16-20(3)4)17-25(30)26(21-11-7-5-8-12-21)22-13-9-6-10-14-22/h5-14,18-20,23-24,26H,15-17H2,1-4H3,(H,28,31)/t23-,24+/m1/s1. The molecule has 1 N–H and O–H groups in total. The van der Waals surface area contributed by atoms with E-state index in [-0.39, 0.29) is 24.0 Å². The van der Waals surface area contributed by atoms with Crippen LogP contribution in [-0.4, -0.2) is 24.0 Å². The fraction of sp³-hybridized carbons (Fsp3) is 0.444. The van der Waals surface area contributed by atoms with Crippen LogP contribution >= 0.6 is 0 Å². The number of nitrogens with one attached hydrogen (secondary N) is 1. The minimum Gasteiger partial charge on any atom is -0.346 e. The molecule has 0 aromatic heterocycles. The first-order valence-electron chi connectivity index (χ1n) is 11.2. The van der Waals surface area contributed by atoms with Gasteiger partial charge in [-0.2, -0.15) is 0 Å². The van der Waals surface area contributed by atoms with Gasteiger partial charge in [0.05, 0.1) is 12.0 Å². The van der Waals surface area contributed by atoms with Crippen LogP contribution in [0.25, 0.3) is 0 Å². The third kappa shape index (κ3) is 7.78. The molecule has 166 valence electrons. The number of amides is 1. The van der Waals surface area contributed by atoms with Gasteiger partial charge in [-0.05, 0) is 35.8 Å². The number of benzene rings is 2. The number of carbonyl (C=O) groups excluding carboxylic acids is 3. The maximum absolute atomic E-state index is 13.5. The van der Waals surface area contributed by atoms with Crippen LogP contribution in [-0.2, 0) is 14.4 Å². The highest BCUT2D eigenvalue weighted by Gasteiger charge is 2.30. The number of ketones is 1. The molecule has 0 aliphatic carbocycles. The van der Waals surface area contributed by atoms with Gasteiger partial charge in [0.2, 0.25) is 5.91 Å². The molecule has 0 saturated heterocycles. The van der Waals surface area contributed by atoms with E-state index in [1.165, 1.54) is 0 Å². The molecule has 0 fully saturated rings. The Morgan fingerprint density at radius 3 is 1.71 bits per heavy atom. The Hall–Kier alpha value is -2.75. The molecule has 0 bridgehead atoms. The van der Waals surface area contributed by atoms with Crippen molar-refractivity contribution < 1.29 is 14.4 Å². The molecule has 2 rings (SSSR count). The summed E-state index contributed by atoms with van der Waals surface area (Å²) in [6.07, 6.45) is 2.13. The molecular weight excluding hydrogens is 386 g/mol. The van der Waals surface area contributed by atoms with Crippen molar-refractivity contribution in [1.82, 2.24) is 5.32 Å². The first kappa shape index (κ1) is 24.5. The topological polar surface area (TPSA) is 63.2 Å². The summed E-state index contributed by atoms with van der Waals surface area (Å²) in [5, 5.41) is 2.87. The number of hydrogen-bond donors (Lipinski definition) is 1. The van der Waals surface area contributed by atoms with Gasteiger partial charge in [-0.15, -0.1) is 0 Å². The summed E-state index contributed by atoms with van der Waals surface area (Å²) >= 11 is 0. The van der Waals surface area contributed by atoms with E-state index in [2.05, 4.69) is 5.32 Å². The molecule has 0 saturated carbocycles. The fourth-order valence-corrected chi connectivity index (χ4v) is 4.02. The van der Waals surface area contributed by atoms with Gasteiger partial charge in [0, 0.05) is 12.3 Å². The molecule has 1 amide bonds. The molecule has 2 aromatic rings. The highest BCUT2D eigenvalue weighted by molar-refractivity contribution is 5.93. The van der Waals surface area contributed by atoms with E-state index < -0.39 is 17.9 Å². The Morgan fingerprint density at radius 1 is 0.806 bits per heavy atom. The minimum absolute atomic E-state index is 0.0183. The average molecular weight is 422 g/mol. The number of carbonyl (C=O) groups is 3. The van der Waals surface area contributed by atoms with E-state index in [0.717, 1.165) is 17.4 Å². The summed E-state index contributed by atoms with van der Waals surface area (Å²) in [5.41, 5.74) is 1.85. The lowest BCUT2D eigenvalue weighted by Gasteiger charge is -2.24. The first-order chi connectivity index (χ1) is 14.8. The molecular formula is C27H35NO3. The molecule has 0 aliphatic heterocycles. The van der Waals surface area contributed by atoms with Gasteiger partial charge < -0.3 is 10.1 Å². The molecule has 2 atom stereocenters. The summed E-state index contributed by atoms with van der Waals surface area (Å²) in [6, 6.07) is 18.9. The van der Waals surface area contributed by atoms with Gasteiger partial charge in [-0.1, -0.05) is 88.4 Å². The van der Waals surface area contributed by atoms with Crippen molar-refractivity contribution >= 4 is 18.0 Å². The summed E-state index contributed by atoms with van der Waals surface area (Å²) in [5.74, 6) is -0.514. The molecule has 0 radical (unpaired) electrons. The van der Waals surface area contributed by atoms with Gasteiger partial charge >= 0.3 is 0 Å². The lowest BCUT2D eigenvalue weighted by atomic mass is 9.82. The van der Waals surface area contributed by atoms with Crippen LogP contribution in [0.2, 0.25) is 0 Å². The highest BCUT2D eigenvalue weighted by Crippen LogP contribution is 2.29. The largest absolute Gasteiger partial charge is 0.346 e. The maximum atomic E-state index is 13.5. The summed E-state index contributed by atoms with van der Waals surface area (Å²) in [4.78, 5) is 38.0. The normalized spacial score (nSPS) is 13.3. The quantitative estimate of drug-likeness (QED) is 0.481. The molecule has 4 heteroatoms. The monoisotopic (exact) mass is 421 g/mol. The molecule has 2 aromatic carbocycles. The van der Waals surface area contributed by atoms with E-state index in [9.17, 15) is 14.4 Å². The van der Waals surface area contributed by atoms with E-state index in [1.807, 2.05) is 88.4 Å². The second kappa shape index (κ2) is 12.2. The summed E-state index contributed by atoms with van der Waals surface area (Å²) < 4.78 is 0. The SMILES string of the molecule is CC(C)C[C@H](CC(=O)C(c1ccccc1)c1ccccc1)C(=O)N[C@H](C=O)CC(C)C. The van der Waals surface area contributed by atoms with E-state index in [0.29, 0.717) is 18.8 Å². The zero-order valence-electron chi connectivity index (χ0n) is 19.1. The lowest BCUT2D eigenvalue weighted by Crippen LogP contribution is -2.41. The zero-order chi connectivity index (χ0) is 22.8. The number of hydrogen-bond acceptors (Lipinski definition) is 3. The molecule has 0 unspecified atom stereocenters. The zero-order valence-corrected chi connectivity index (χ0v) is 19.1. The maximum Gasteiger partial charge on any atom is 0.224 e. The van der Waals surface area contributed by atoms with Crippen LogP contribution in [0.1, 0.15) is 64.0 Å². The first-order valence-corrected chi connectivity index (χ1v) is 11.2. The second-order valence-electron chi connectivity index (χ2n) is 9.13. The number of rotatable bonds is 12. The van der Waals surface area contributed by atoms with E-state index in [1.54, 1.807) is 0 Å². The summed E-state index contributed by atoms with van der Waals surface area (Å²) in [6.45, 7) is 8.12. The number of Topliss-reactive ketones (excluding diaryl/α,β-unsaturated/α-hetero) is 1. The Labute approximate surface area is 186 Å². The molecule has 0 aliphatic rings. The predicted molar refractivity (Wildman–Crippen MR) is 125 cm³/mol. The third-order valence-corrected chi connectivity index (χ3v) is 5.38. The number of aldehydes is 1. The van der Waals surface area contributed by atoms with Crippen LogP contribution in [0.5, 0.6) is 0 Å². The van der Waals surface area contributed by atoms with Crippen molar-refractivity contribution in [1.29, 1.82) is 0 Å². The van der Waals surface area contributed by atoms with Crippen molar-refractivity contribution in [2.24, 2.45) is 17.8 Å². The Morgan fingerprint density at radius 2 is 1.29 bits per heavy atom. The van der Waals surface area contributed by atoms with Crippen LogP contribution in [0.4, 0.5) is 0 Å². The third-order valence-electron chi connectivity index (χ3n) is 5.38. The van der Waals surface area contributed by atoms with E-state index in [4.69, 9.17) is 0 Å². The molecule has 4 nitrogen and oxygen atoms in total.